The van der Waals surface area contributed by atoms with Crippen molar-refractivity contribution in [1.29, 1.82) is 0 Å². The molecule has 0 spiro atoms. The third kappa shape index (κ3) is 2.42. The molecular weight excluding hydrogens is 188 g/mol. The van der Waals surface area contributed by atoms with E-state index in [1.54, 1.807) is 0 Å². The summed E-state index contributed by atoms with van der Waals surface area (Å²) in [6.07, 6.45) is -0.468. The maximum absolute atomic E-state index is 13.4. The first-order chi connectivity index (χ1) is 6.43. The molecule has 0 aliphatic carbocycles. The SMILES string of the molecule is CC(N)CC(F)(F)c1ccccc1O. The maximum atomic E-state index is 13.4. The third-order valence-corrected chi connectivity index (χ3v) is 1.88. The monoisotopic (exact) mass is 201 g/mol. The van der Waals surface area contributed by atoms with Crippen LogP contribution in [0.3, 0.4) is 0 Å². The molecule has 4 heteroatoms. The Morgan fingerprint density at radius 2 is 2.00 bits per heavy atom. The first-order valence-electron chi connectivity index (χ1n) is 4.35. The number of hydrogen-bond donors (Lipinski definition) is 2. The molecule has 0 amide bonds. The van der Waals surface area contributed by atoms with Crippen LogP contribution in [0.2, 0.25) is 0 Å². The van der Waals surface area contributed by atoms with Gasteiger partial charge in [0, 0.05) is 12.5 Å². The van der Waals surface area contributed by atoms with E-state index in [4.69, 9.17) is 5.73 Å². The predicted molar refractivity (Wildman–Crippen MR) is 50.3 cm³/mol. The fourth-order valence-corrected chi connectivity index (χ4v) is 1.30. The van der Waals surface area contributed by atoms with Gasteiger partial charge in [-0.25, -0.2) is 8.78 Å². The molecule has 3 N–H and O–H groups in total. The number of nitrogens with two attached hydrogens (primary N) is 1. The van der Waals surface area contributed by atoms with E-state index in [9.17, 15) is 13.9 Å². The van der Waals surface area contributed by atoms with Crippen molar-refractivity contribution in [2.24, 2.45) is 5.73 Å². The highest BCUT2D eigenvalue weighted by atomic mass is 19.3. The number of phenols is 1. The number of alkyl halides is 2. The summed E-state index contributed by atoms with van der Waals surface area (Å²) in [6.45, 7) is 1.51. The highest BCUT2D eigenvalue weighted by Gasteiger charge is 2.34. The van der Waals surface area contributed by atoms with E-state index in [1.807, 2.05) is 0 Å². The van der Waals surface area contributed by atoms with Gasteiger partial charge in [-0.05, 0) is 19.1 Å². The topological polar surface area (TPSA) is 46.2 Å². The van der Waals surface area contributed by atoms with Gasteiger partial charge >= 0.3 is 0 Å². The van der Waals surface area contributed by atoms with Gasteiger partial charge in [-0.2, -0.15) is 0 Å². The molecule has 0 radical (unpaired) electrons. The van der Waals surface area contributed by atoms with Gasteiger partial charge in [0.2, 0.25) is 0 Å². The number of halogens is 2. The van der Waals surface area contributed by atoms with Crippen LogP contribution in [0.25, 0.3) is 0 Å². The Hall–Kier alpha value is -1.16. The number of rotatable bonds is 3. The van der Waals surface area contributed by atoms with E-state index in [0.29, 0.717) is 0 Å². The Balaban J connectivity index is 2.97. The van der Waals surface area contributed by atoms with Crippen LogP contribution in [0.5, 0.6) is 5.75 Å². The molecule has 1 aromatic rings. The molecule has 0 bridgehead atoms. The standard InChI is InChI=1S/C10H13F2NO/c1-7(13)6-10(11,12)8-4-2-3-5-9(8)14/h2-5,7,14H,6,13H2,1H3. The van der Waals surface area contributed by atoms with Gasteiger partial charge in [0.15, 0.2) is 0 Å². The van der Waals surface area contributed by atoms with Crippen molar-refractivity contribution in [3.05, 3.63) is 29.8 Å². The van der Waals surface area contributed by atoms with Gasteiger partial charge in [0.05, 0.1) is 5.56 Å². The molecule has 0 saturated carbocycles. The summed E-state index contributed by atoms with van der Waals surface area (Å²) in [5, 5.41) is 9.24. The van der Waals surface area contributed by atoms with Crippen LogP contribution in [0.1, 0.15) is 18.9 Å². The van der Waals surface area contributed by atoms with Crippen LogP contribution in [0, 0.1) is 0 Å². The van der Waals surface area contributed by atoms with Gasteiger partial charge < -0.3 is 10.8 Å². The summed E-state index contributed by atoms with van der Waals surface area (Å²) in [5.74, 6) is -3.46. The lowest BCUT2D eigenvalue weighted by atomic mass is 10.0. The third-order valence-electron chi connectivity index (χ3n) is 1.88. The molecule has 78 valence electrons. The number of hydrogen-bond acceptors (Lipinski definition) is 2. The van der Waals surface area contributed by atoms with Crippen LogP contribution in [0.15, 0.2) is 24.3 Å². The van der Waals surface area contributed by atoms with E-state index in [1.165, 1.54) is 31.2 Å². The first kappa shape index (κ1) is 10.9. The zero-order chi connectivity index (χ0) is 10.8. The molecule has 0 fully saturated rings. The molecule has 1 aromatic carbocycles. The maximum Gasteiger partial charge on any atom is 0.278 e. The second-order valence-corrected chi connectivity index (χ2v) is 3.40. The Morgan fingerprint density at radius 3 is 2.50 bits per heavy atom. The summed E-state index contributed by atoms with van der Waals surface area (Å²) in [5.41, 5.74) is 4.94. The molecule has 1 atom stereocenters. The van der Waals surface area contributed by atoms with Crippen molar-refractivity contribution in [3.63, 3.8) is 0 Å². The van der Waals surface area contributed by atoms with Crippen molar-refractivity contribution in [2.75, 3.05) is 0 Å². The minimum atomic E-state index is -3.07. The molecule has 1 unspecified atom stereocenters. The summed E-state index contributed by atoms with van der Waals surface area (Å²) >= 11 is 0. The largest absolute Gasteiger partial charge is 0.507 e. The summed E-state index contributed by atoms with van der Waals surface area (Å²) in [4.78, 5) is 0. The molecule has 1 rings (SSSR count). The summed E-state index contributed by atoms with van der Waals surface area (Å²) in [7, 11) is 0. The second-order valence-electron chi connectivity index (χ2n) is 3.40. The molecule has 2 nitrogen and oxygen atoms in total. The van der Waals surface area contributed by atoms with Crippen LogP contribution < -0.4 is 5.73 Å². The van der Waals surface area contributed by atoms with Gasteiger partial charge in [0.1, 0.15) is 5.75 Å². The molecular formula is C10H13F2NO. The Morgan fingerprint density at radius 1 is 1.43 bits per heavy atom. The number of phenolic OH excluding ortho intramolecular Hbond substituents is 1. The molecule has 0 heterocycles. The highest BCUT2D eigenvalue weighted by molar-refractivity contribution is 5.35. The zero-order valence-electron chi connectivity index (χ0n) is 7.87. The van der Waals surface area contributed by atoms with Gasteiger partial charge in [0.25, 0.3) is 5.92 Å². The number of para-hydroxylation sites is 1. The van der Waals surface area contributed by atoms with Crippen molar-refractivity contribution >= 4 is 0 Å². The normalized spacial score (nSPS) is 14.0. The van der Waals surface area contributed by atoms with Gasteiger partial charge in [-0.3, -0.25) is 0 Å². The van der Waals surface area contributed by atoms with Crippen LogP contribution >= 0.6 is 0 Å². The Bertz CT molecular complexity index is 313. The lowest BCUT2D eigenvalue weighted by Crippen LogP contribution is -2.26. The first-order valence-corrected chi connectivity index (χ1v) is 4.35. The van der Waals surface area contributed by atoms with E-state index >= 15 is 0 Å². The molecule has 0 aliphatic heterocycles. The van der Waals surface area contributed by atoms with E-state index < -0.39 is 24.1 Å². The Labute approximate surface area is 81.4 Å². The average molecular weight is 201 g/mol. The number of benzene rings is 1. The lowest BCUT2D eigenvalue weighted by Gasteiger charge is -2.19. The zero-order valence-corrected chi connectivity index (χ0v) is 7.87. The fraction of sp³-hybridized carbons (Fsp3) is 0.400. The predicted octanol–water partition coefficient (Wildman–Crippen LogP) is 2.22. The molecule has 0 saturated heterocycles. The van der Waals surface area contributed by atoms with E-state index in [-0.39, 0.29) is 5.56 Å². The van der Waals surface area contributed by atoms with Crippen molar-refractivity contribution in [1.82, 2.24) is 0 Å². The minimum Gasteiger partial charge on any atom is -0.507 e. The smallest absolute Gasteiger partial charge is 0.278 e. The fourth-order valence-electron chi connectivity index (χ4n) is 1.30. The van der Waals surface area contributed by atoms with Gasteiger partial charge in [-0.15, -0.1) is 0 Å². The highest BCUT2D eigenvalue weighted by Crippen LogP contribution is 2.37. The van der Waals surface area contributed by atoms with Crippen LogP contribution in [-0.4, -0.2) is 11.1 Å². The quantitative estimate of drug-likeness (QED) is 0.787. The summed E-state index contributed by atoms with van der Waals surface area (Å²) < 4.78 is 26.9. The average Bonchev–Trinajstić information content (AvgIpc) is 2.02. The van der Waals surface area contributed by atoms with Crippen molar-refractivity contribution < 1.29 is 13.9 Å². The number of aromatic hydroxyl groups is 1. The van der Waals surface area contributed by atoms with Crippen molar-refractivity contribution in [2.45, 2.75) is 25.3 Å². The Kier molecular flexibility index (Phi) is 3.06. The minimum absolute atomic E-state index is 0.364. The van der Waals surface area contributed by atoms with Crippen molar-refractivity contribution in [3.8, 4) is 5.75 Å². The van der Waals surface area contributed by atoms with Crippen LogP contribution in [0.4, 0.5) is 8.78 Å². The summed E-state index contributed by atoms with van der Waals surface area (Å²) in [6, 6.07) is 4.80. The lowest BCUT2D eigenvalue weighted by molar-refractivity contribution is -0.0200. The molecule has 0 aromatic heterocycles. The second kappa shape index (κ2) is 3.92. The molecule has 14 heavy (non-hydrogen) atoms. The van der Waals surface area contributed by atoms with E-state index in [2.05, 4.69) is 0 Å². The van der Waals surface area contributed by atoms with Crippen LogP contribution in [-0.2, 0) is 5.92 Å². The van der Waals surface area contributed by atoms with Gasteiger partial charge in [-0.1, -0.05) is 12.1 Å². The molecule has 0 aliphatic rings. The van der Waals surface area contributed by atoms with E-state index in [0.717, 1.165) is 0 Å².